The Morgan fingerprint density at radius 1 is 1.10 bits per heavy atom. The predicted octanol–water partition coefficient (Wildman–Crippen LogP) is 3.32. The molecule has 0 aliphatic rings. The highest BCUT2D eigenvalue weighted by molar-refractivity contribution is 5.89. The van der Waals surface area contributed by atoms with E-state index in [9.17, 15) is 4.79 Å². The van der Waals surface area contributed by atoms with Gasteiger partial charge in [0.25, 0.3) is 5.89 Å². The largest absolute Gasteiger partial charge is 0.485 e. The van der Waals surface area contributed by atoms with Crippen LogP contribution < -0.4 is 4.74 Å². The van der Waals surface area contributed by atoms with Crippen LogP contribution in [-0.4, -0.2) is 31.2 Å². The fourth-order valence-electron chi connectivity index (χ4n) is 2.53. The van der Waals surface area contributed by atoms with Gasteiger partial charge in [0, 0.05) is 24.9 Å². The average Bonchev–Trinajstić information content (AvgIpc) is 3.42. The van der Waals surface area contributed by atoms with Crippen molar-refractivity contribution in [2.45, 2.75) is 26.6 Å². The highest BCUT2D eigenvalue weighted by Gasteiger charge is 2.20. The summed E-state index contributed by atoms with van der Waals surface area (Å²) in [5, 5.41) is 7.65. The average molecular weight is 407 g/mol. The molecule has 0 aliphatic heterocycles. The Morgan fingerprint density at radius 2 is 1.93 bits per heavy atom. The Kier molecular flexibility index (Phi) is 5.46. The van der Waals surface area contributed by atoms with E-state index in [1.807, 2.05) is 6.07 Å². The summed E-state index contributed by atoms with van der Waals surface area (Å²) in [5.74, 6) is 1.51. The van der Waals surface area contributed by atoms with E-state index < -0.39 is 12.1 Å². The van der Waals surface area contributed by atoms with Gasteiger partial charge in [-0.1, -0.05) is 10.3 Å². The smallest absolute Gasteiger partial charge is 0.338 e. The van der Waals surface area contributed by atoms with Crippen LogP contribution in [0.2, 0.25) is 0 Å². The fourth-order valence-corrected chi connectivity index (χ4v) is 2.53. The van der Waals surface area contributed by atoms with Crippen LogP contribution in [0.15, 0.2) is 57.8 Å². The van der Waals surface area contributed by atoms with Gasteiger partial charge in [-0.3, -0.25) is 4.98 Å². The van der Waals surface area contributed by atoms with E-state index in [0.717, 1.165) is 0 Å². The molecule has 0 saturated heterocycles. The maximum Gasteiger partial charge on any atom is 0.338 e. The van der Waals surface area contributed by atoms with Crippen LogP contribution in [-0.2, 0) is 11.3 Å². The Balaban J connectivity index is 1.34. The number of aromatic nitrogens is 5. The molecule has 1 atom stereocenters. The van der Waals surface area contributed by atoms with E-state index in [0.29, 0.717) is 34.4 Å². The summed E-state index contributed by atoms with van der Waals surface area (Å²) >= 11 is 0. The first-order valence-corrected chi connectivity index (χ1v) is 9.05. The van der Waals surface area contributed by atoms with Crippen molar-refractivity contribution < 1.29 is 23.3 Å². The second-order valence-corrected chi connectivity index (χ2v) is 6.29. The summed E-state index contributed by atoms with van der Waals surface area (Å²) in [4.78, 5) is 24.7. The van der Waals surface area contributed by atoms with Gasteiger partial charge >= 0.3 is 5.97 Å². The molecule has 1 aromatic carbocycles. The molecule has 3 heterocycles. The summed E-state index contributed by atoms with van der Waals surface area (Å²) < 4.78 is 21.1. The molecule has 0 bridgehead atoms. The van der Waals surface area contributed by atoms with Crippen molar-refractivity contribution in [1.82, 2.24) is 25.3 Å². The van der Waals surface area contributed by atoms with E-state index in [4.69, 9.17) is 18.5 Å². The summed E-state index contributed by atoms with van der Waals surface area (Å²) in [7, 11) is 0. The number of carbonyl (C=O) groups excluding carboxylic acids is 1. The van der Waals surface area contributed by atoms with Crippen LogP contribution in [0.4, 0.5) is 0 Å². The molecule has 0 spiro atoms. The SMILES string of the molecule is Cc1nc(COc2ccc(C(=O)OC(C)c3nc(-c4cccnc4)no3)cc2)no1. The number of esters is 1. The molecule has 0 saturated carbocycles. The number of nitrogens with zero attached hydrogens (tertiary/aromatic N) is 5. The molecule has 4 rings (SSSR count). The lowest BCUT2D eigenvalue weighted by Crippen LogP contribution is -2.09. The first kappa shape index (κ1) is 19.2. The Hall–Kier alpha value is -4.08. The number of benzene rings is 1. The predicted molar refractivity (Wildman–Crippen MR) is 101 cm³/mol. The third-order valence-electron chi connectivity index (χ3n) is 4.02. The van der Waals surface area contributed by atoms with Crippen molar-refractivity contribution in [3.63, 3.8) is 0 Å². The molecule has 10 nitrogen and oxygen atoms in total. The molecule has 30 heavy (non-hydrogen) atoms. The zero-order chi connectivity index (χ0) is 20.9. The normalized spacial score (nSPS) is 11.8. The molecule has 152 valence electrons. The standard InChI is InChI=1S/C20H17N5O5/c1-12(19-23-18(25-30-19)15-4-3-9-21-10-15)28-20(26)14-5-7-16(8-6-14)27-11-17-22-13(2)29-24-17/h3-10,12H,11H2,1-2H3. The maximum absolute atomic E-state index is 12.4. The Bertz CT molecular complexity index is 1120. The van der Waals surface area contributed by atoms with Gasteiger partial charge in [0.05, 0.1) is 5.56 Å². The van der Waals surface area contributed by atoms with Crippen LogP contribution in [0.25, 0.3) is 11.4 Å². The van der Waals surface area contributed by atoms with E-state index >= 15 is 0 Å². The van der Waals surface area contributed by atoms with E-state index in [1.165, 1.54) is 0 Å². The fraction of sp³-hybridized carbons (Fsp3) is 0.200. The topological polar surface area (TPSA) is 126 Å². The molecule has 0 radical (unpaired) electrons. The third-order valence-corrected chi connectivity index (χ3v) is 4.02. The second-order valence-electron chi connectivity index (χ2n) is 6.29. The van der Waals surface area contributed by atoms with Gasteiger partial charge in [0.15, 0.2) is 12.7 Å². The van der Waals surface area contributed by atoms with Crippen molar-refractivity contribution in [3.05, 3.63) is 72.0 Å². The molecule has 10 heteroatoms. The highest BCUT2D eigenvalue weighted by Crippen LogP contribution is 2.22. The van der Waals surface area contributed by atoms with Gasteiger partial charge in [0.1, 0.15) is 5.75 Å². The Labute approximate surface area is 170 Å². The van der Waals surface area contributed by atoms with Crippen LogP contribution in [0.5, 0.6) is 5.75 Å². The van der Waals surface area contributed by atoms with Gasteiger partial charge in [-0.25, -0.2) is 4.79 Å². The number of carbonyl (C=O) groups is 1. The number of ether oxygens (including phenoxy) is 2. The molecule has 0 fully saturated rings. The minimum Gasteiger partial charge on any atom is -0.485 e. The quantitative estimate of drug-likeness (QED) is 0.421. The van der Waals surface area contributed by atoms with E-state index in [1.54, 1.807) is 56.6 Å². The number of hydrogen-bond acceptors (Lipinski definition) is 10. The monoisotopic (exact) mass is 407 g/mol. The van der Waals surface area contributed by atoms with Crippen molar-refractivity contribution in [2.75, 3.05) is 0 Å². The first-order valence-electron chi connectivity index (χ1n) is 9.05. The zero-order valence-electron chi connectivity index (χ0n) is 16.2. The number of aryl methyl sites for hydroxylation is 1. The van der Waals surface area contributed by atoms with Crippen LogP contribution in [0, 0.1) is 6.92 Å². The van der Waals surface area contributed by atoms with Gasteiger partial charge in [-0.15, -0.1) is 0 Å². The second kappa shape index (κ2) is 8.52. The molecular weight excluding hydrogens is 390 g/mol. The first-order chi connectivity index (χ1) is 14.6. The Morgan fingerprint density at radius 3 is 2.63 bits per heavy atom. The highest BCUT2D eigenvalue weighted by atomic mass is 16.6. The zero-order valence-corrected chi connectivity index (χ0v) is 16.2. The van der Waals surface area contributed by atoms with Gasteiger partial charge in [-0.2, -0.15) is 9.97 Å². The summed E-state index contributed by atoms with van der Waals surface area (Å²) in [6, 6.07) is 10.1. The summed E-state index contributed by atoms with van der Waals surface area (Å²) in [6.07, 6.45) is 2.56. The molecule has 0 N–H and O–H groups in total. The van der Waals surface area contributed by atoms with E-state index in [-0.39, 0.29) is 12.5 Å². The van der Waals surface area contributed by atoms with Crippen LogP contribution in [0.1, 0.15) is 41.0 Å². The van der Waals surface area contributed by atoms with Crippen molar-refractivity contribution in [1.29, 1.82) is 0 Å². The minimum atomic E-state index is -0.715. The van der Waals surface area contributed by atoms with Gasteiger partial charge in [-0.05, 0) is 43.3 Å². The van der Waals surface area contributed by atoms with Crippen LogP contribution in [0.3, 0.4) is 0 Å². The molecule has 1 unspecified atom stereocenters. The van der Waals surface area contributed by atoms with Gasteiger partial charge < -0.3 is 18.5 Å². The van der Waals surface area contributed by atoms with Gasteiger partial charge in [0.2, 0.25) is 17.5 Å². The molecule has 0 aliphatic carbocycles. The molecule has 3 aromatic heterocycles. The molecular formula is C20H17N5O5. The third kappa shape index (κ3) is 4.49. The number of rotatable bonds is 7. The molecule has 0 amide bonds. The lowest BCUT2D eigenvalue weighted by Gasteiger charge is -2.09. The van der Waals surface area contributed by atoms with Crippen molar-refractivity contribution >= 4 is 5.97 Å². The lowest BCUT2D eigenvalue weighted by molar-refractivity contribution is 0.0265. The minimum absolute atomic E-state index is 0.161. The maximum atomic E-state index is 12.4. The number of hydrogen-bond donors (Lipinski definition) is 0. The summed E-state index contributed by atoms with van der Waals surface area (Å²) in [6.45, 7) is 3.52. The van der Waals surface area contributed by atoms with Crippen LogP contribution >= 0.6 is 0 Å². The molecule has 4 aromatic rings. The number of pyridine rings is 1. The van der Waals surface area contributed by atoms with Crippen molar-refractivity contribution in [2.24, 2.45) is 0 Å². The van der Waals surface area contributed by atoms with E-state index in [2.05, 4.69) is 25.3 Å². The summed E-state index contributed by atoms with van der Waals surface area (Å²) in [5.41, 5.74) is 1.06. The van der Waals surface area contributed by atoms with Crippen molar-refractivity contribution in [3.8, 4) is 17.1 Å². The lowest BCUT2D eigenvalue weighted by atomic mass is 10.2.